The molecule has 0 aliphatic rings. The van der Waals surface area contributed by atoms with E-state index < -0.39 is 5.91 Å². The topological polar surface area (TPSA) is 108 Å². The monoisotopic (exact) mass is 280 g/mol. The van der Waals surface area contributed by atoms with Crippen LogP contribution in [0.2, 0.25) is 0 Å². The second-order valence-corrected chi connectivity index (χ2v) is 4.42. The van der Waals surface area contributed by atoms with E-state index >= 15 is 0 Å². The van der Waals surface area contributed by atoms with Crippen LogP contribution < -0.4 is 11.5 Å². The molecule has 4 N–H and O–H groups in total. The van der Waals surface area contributed by atoms with Crippen LogP contribution in [0.4, 0.5) is 5.88 Å². The van der Waals surface area contributed by atoms with Gasteiger partial charge in [0.15, 0.2) is 0 Å². The van der Waals surface area contributed by atoms with Crippen LogP contribution in [0.1, 0.15) is 10.4 Å². The molecule has 1 aromatic carbocycles. The van der Waals surface area contributed by atoms with Crippen LogP contribution in [0.25, 0.3) is 22.4 Å². The summed E-state index contributed by atoms with van der Waals surface area (Å²) in [6.45, 7) is 0. The zero-order valence-corrected chi connectivity index (χ0v) is 11.0. The highest BCUT2D eigenvalue weighted by molar-refractivity contribution is 6.03. The second-order valence-electron chi connectivity index (χ2n) is 4.42. The van der Waals surface area contributed by atoms with E-state index in [-0.39, 0.29) is 5.88 Å². The number of amides is 1. The summed E-state index contributed by atoms with van der Waals surface area (Å²) in [6.07, 6.45) is 3.30. The van der Waals surface area contributed by atoms with Gasteiger partial charge in [-0.15, -0.1) is 0 Å². The van der Waals surface area contributed by atoms with E-state index in [1.165, 1.54) is 0 Å². The van der Waals surface area contributed by atoms with Crippen molar-refractivity contribution in [3.05, 3.63) is 54.4 Å². The standard InChI is InChI=1S/C15H12N4O2/c16-14(20)11-6-2-1-5-10(11)12-13(19-21-15(12)17)9-4-3-7-18-8-9/h1-8H,17H2,(H2,16,20). The number of nitrogen functional groups attached to an aromatic ring is 1. The summed E-state index contributed by atoms with van der Waals surface area (Å²) in [5.41, 5.74) is 14.0. The Morgan fingerprint density at radius 1 is 1.14 bits per heavy atom. The minimum absolute atomic E-state index is 0.127. The van der Waals surface area contributed by atoms with E-state index in [4.69, 9.17) is 16.0 Å². The van der Waals surface area contributed by atoms with Crippen LogP contribution in [0, 0.1) is 0 Å². The average Bonchev–Trinajstić information content (AvgIpc) is 2.89. The van der Waals surface area contributed by atoms with Crippen molar-refractivity contribution in [2.24, 2.45) is 5.73 Å². The van der Waals surface area contributed by atoms with Crippen LogP contribution in [0.5, 0.6) is 0 Å². The molecule has 0 radical (unpaired) electrons. The van der Waals surface area contributed by atoms with Crippen molar-refractivity contribution in [3.63, 3.8) is 0 Å². The molecule has 1 amide bonds. The smallest absolute Gasteiger partial charge is 0.249 e. The molecule has 0 saturated carbocycles. The first kappa shape index (κ1) is 12.9. The normalized spacial score (nSPS) is 10.5. The maximum absolute atomic E-state index is 11.6. The Morgan fingerprint density at radius 2 is 1.95 bits per heavy atom. The van der Waals surface area contributed by atoms with E-state index in [0.29, 0.717) is 22.4 Å². The van der Waals surface area contributed by atoms with Gasteiger partial charge in [-0.2, -0.15) is 0 Å². The van der Waals surface area contributed by atoms with Gasteiger partial charge in [0.2, 0.25) is 11.8 Å². The molecule has 0 unspecified atom stereocenters. The summed E-state index contributed by atoms with van der Waals surface area (Å²) in [4.78, 5) is 15.6. The van der Waals surface area contributed by atoms with E-state index in [1.807, 2.05) is 6.07 Å². The molecule has 21 heavy (non-hydrogen) atoms. The number of carbonyl (C=O) groups is 1. The van der Waals surface area contributed by atoms with Gasteiger partial charge in [-0.3, -0.25) is 9.78 Å². The Morgan fingerprint density at radius 3 is 2.67 bits per heavy atom. The maximum atomic E-state index is 11.6. The highest BCUT2D eigenvalue weighted by Crippen LogP contribution is 2.37. The first-order chi connectivity index (χ1) is 10.2. The number of rotatable bonds is 3. The predicted octanol–water partition coefficient (Wildman–Crippen LogP) is 2.08. The Balaban J connectivity index is 2.25. The van der Waals surface area contributed by atoms with Gasteiger partial charge < -0.3 is 16.0 Å². The van der Waals surface area contributed by atoms with Gasteiger partial charge in [-0.05, 0) is 18.2 Å². The first-order valence-electron chi connectivity index (χ1n) is 6.23. The summed E-state index contributed by atoms with van der Waals surface area (Å²) in [5.74, 6) is -0.411. The summed E-state index contributed by atoms with van der Waals surface area (Å²) >= 11 is 0. The van der Waals surface area contributed by atoms with Gasteiger partial charge in [0.25, 0.3) is 0 Å². The lowest BCUT2D eigenvalue weighted by Crippen LogP contribution is -2.12. The van der Waals surface area contributed by atoms with Crippen LogP contribution in [0.3, 0.4) is 0 Å². The summed E-state index contributed by atoms with van der Waals surface area (Å²) in [6, 6.07) is 10.5. The van der Waals surface area contributed by atoms with Gasteiger partial charge in [0, 0.05) is 29.1 Å². The maximum Gasteiger partial charge on any atom is 0.249 e. The van der Waals surface area contributed by atoms with Crippen LogP contribution >= 0.6 is 0 Å². The van der Waals surface area contributed by atoms with Gasteiger partial charge in [-0.25, -0.2) is 0 Å². The SMILES string of the molecule is NC(=O)c1ccccc1-c1c(-c2cccnc2)noc1N. The van der Waals surface area contributed by atoms with Crippen LogP contribution in [-0.4, -0.2) is 16.0 Å². The zero-order valence-electron chi connectivity index (χ0n) is 11.0. The number of benzene rings is 1. The Labute approximate surface area is 120 Å². The fraction of sp³-hybridized carbons (Fsp3) is 0. The molecule has 3 rings (SSSR count). The molecule has 6 nitrogen and oxygen atoms in total. The molecule has 104 valence electrons. The molecule has 0 fully saturated rings. The molecular weight excluding hydrogens is 268 g/mol. The van der Waals surface area contributed by atoms with Gasteiger partial charge >= 0.3 is 0 Å². The molecule has 2 aromatic heterocycles. The second kappa shape index (κ2) is 5.09. The Hall–Kier alpha value is -3.15. The molecule has 0 aliphatic carbocycles. The highest BCUT2D eigenvalue weighted by atomic mass is 16.5. The molecule has 0 aliphatic heterocycles. The number of anilines is 1. The minimum Gasteiger partial charge on any atom is -0.367 e. The number of hydrogen-bond donors (Lipinski definition) is 2. The number of hydrogen-bond acceptors (Lipinski definition) is 5. The third-order valence-corrected chi connectivity index (χ3v) is 3.12. The van der Waals surface area contributed by atoms with Crippen molar-refractivity contribution >= 4 is 11.8 Å². The molecule has 3 aromatic rings. The third kappa shape index (κ3) is 2.23. The number of carbonyl (C=O) groups excluding carboxylic acids is 1. The highest BCUT2D eigenvalue weighted by Gasteiger charge is 2.21. The van der Waals surface area contributed by atoms with Crippen molar-refractivity contribution in [2.45, 2.75) is 0 Å². The zero-order chi connectivity index (χ0) is 14.8. The summed E-state index contributed by atoms with van der Waals surface area (Å²) < 4.78 is 5.09. The molecule has 0 saturated heterocycles. The predicted molar refractivity (Wildman–Crippen MR) is 78.1 cm³/mol. The van der Waals surface area contributed by atoms with Crippen molar-refractivity contribution in [1.29, 1.82) is 0 Å². The number of pyridine rings is 1. The Bertz CT molecular complexity index is 796. The van der Waals surface area contributed by atoms with Crippen molar-refractivity contribution in [3.8, 4) is 22.4 Å². The number of nitrogens with two attached hydrogens (primary N) is 2. The fourth-order valence-corrected chi connectivity index (χ4v) is 2.18. The van der Waals surface area contributed by atoms with E-state index in [0.717, 1.165) is 5.56 Å². The quantitative estimate of drug-likeness (QED) is 0.763. The minimum atomic E-state index is -0.539. The Kier molecular flexibility index (Phi) is 3.12. The van der Waals surface area contributed by atoms with Gasteiger partial charge in [0.1, 0.15) is 5.69 Å². The van der Waals surface area contributed by atoms with Crippen molar-refractivity contribution < 1.29 is 9.32 Å². The van der Waals surface area contributed by atoms with Gasteiger partial charge in [-0.1, -0.05) is 23.4 Å². The molecule has 0 spiro atoms. The summed E-state index contributed by atoms with van der Waals surface area (Å²) in [5, 5.41) is 3.97. The lowest BCUT2D eigenvalue weighted by atomic mass is 9.97. The third-order valence-electron chi connectivity index (χ3n) is 3.12. The van der Waals surface area contributed by atoms with Crippen molar-refractivity contribution in [1.82, 2.24) is 10.1 Å². The van der Waals surface area contributed by atoms with Crippen molar-refractivity contribution in [2.75, 3.05) is 5.73 Å². The molecule has 6 heteroatoms. The van der Waals surface area contributed by atoms with Crippen LogP contribution in [-0.2, 0) is 0 Å². The van der Waals surface area contributed by atoms with E-state index in [9.17, 15) is 4.79 Å². The largest absolute Gasteiger partial charge is 0.367 e. The summed E-state index contributed by atoms with van der Waals surface area (Å²) in [7, 11) is 0. The van der Waals surface area contributed by atoms with Gasteiger partial charge in [0.05, 0.1) is 5.56 Å². The van der Waals surface area contributed by atoms with E-state index in [1.54, 1.807) is 42.7 Å². The average molecular weight is 280 g/mol. The number of aromatic nitrogens is 2. The van der Waals surface area contributed by atoms with E-state index in [2.05, 4.69) is 10.1 Å². The number of primary amides is 1. The van der Waals surface area contributed by atoms with Crippen LogP contribution in [0.15, 0.2) is 53.3 Å². The molecule has 0 atom stereocenters. The molecule has 2 heterocycles. The lowest BCUT2D eigenvalue weighted by Gasteiger charge is -2.06. The fourth-order valence-electron chi connectivity index (χ4n) is 2.18. The molecular formula is C15H12N4O2. The number of nitrogens with zero attached hydrogens (tertiary/aromatic N) is 2. The lowest BCUT2D eigenvalue weighted by molar-refractivity contribution is 0.100. The molecule has 0 bridgehead atoms. The first-order valence-corrected chi connectivity index (χ1v) is 6.23.